The molecule has 0 fully saturated rings. The molecule has 0 aliphatic rings. The number of hydrogen-bond donors (Lipinski definition) is 0. The fourth-order valence-corrected chi connectivity index (χ4v) is 3.48. The van der Waals surface area contributed by atoms with Gasteiger partial charge in [0, 0.05) is 10.8 Å². The quantitative estimate of drug-likeness (QED) is 0.390. The van der Waals surface area contributed by atoms with E-state index in [1.807, 2.05) is 42.5 Å². The number of aromatic nitrogens is 5. The Morgan fingerprint density at radius 2 is 1.72 bits per heavy atom. The van der Waals surface area contributed by atoms with Crippen molar-refractivity contribution in [3.8, 4) is 0 Å². The molecule has 0 saturated carbocycles. The SMILES string of the molecule is Clc1ccc(CSc2ncnc3c2nnn3Cc2ccccc2)cc1. The zero-order chi connectivity index (χ0) is 17.1. The normalized spacial score (nSPS) is 11.1. The van der Waals surface area contributed by atoms with E-state index in [9.17, 15) is 0 Å². The smallest absolute Gasteiger partial charge is 0.183 e. The maximum absolute atomic E-state index is 5.93. The first kappa shape index (κ1) is 16.1. The lowest BCUT2D eigenvalue weighted by Gasteiger charge is -2.03. The van der Waals surface area contributed by atoms with Crippen LogP contribution in [0.4, 0.5) is 0 Å². The van der Waals surface area contributed by atoms with Gasteiger partial charge in [-0.2, -0.15) is 0 Å². The van der Waals surface area contributed by atoms with Crippen molar-refractivity contribution in [1.29, 1.82) is 0 Å². The predicted molar refractivity (Wildman–Crippen MR) is 99.7 cm³/mol. The van der Waals surface area contributed by atoms with E-state index in [1.165, 1.54) is 5.56 Å². The number of hydrogen-bond acceptors (Lipinski definition) is 5. The molecule has 2 heterocycles. The molecule has 4 rings (SSSR count). The summed E-state index contributed by atoms with van der Waals surface area (Å²) in [6, 6.07) is 18.0. The first-order valence-electron chi connectivity index (χ1n) is 7.75. The first-order valence-corrected chi connectivity index (χ1v) is 9.11. The molecule has 124 valence electrons. The van der Waals surface area contributed by atoms with E-state index in [0.717, 1.165) is 32.5 Å². The summed E-state index contributed by atoms with van der Waals surface area (Å²) in [5.74, 6) is 0.787. The molecular formula is C18H14ClN5S. The number of rotatable bonds is 5. The molecule has 0 spiro atoms. The van der Waals surface area contributed by atoms with E-state index in [-0.39, 0.29) is 0 Å². The van der Waals surface area contributed by atoms with Gasteiger partial charge >= 0.3 is 0 Å². The lowest BCUT2D eigenvalue weighted by molar-refractivity contribution is 0.664. The van der Waals surface area contributed by atoms with E-state index >= 15 is 0 Å². The van der Waals surface area contributed by atoms with Gasteiger partial charge in [0.05, 0.1) is 6.54 Å². The van der Waals surface area contributed by atoms with Gasteiger partial charge in [-0.1, -0.05) is 71.0 Å². The second-order valence-electron chi connectivity index (χ2n) is 5.50. The Balaban J connectivity index is 1.57. The minimum atomic E-state index is 0.635. The third kappa shape index (κ3) is 3.65. The Labute approximate surface area is 154 Å². The van der Waals surface area contributed by atoms with Crippen molar-refractivity contribution < 1.29 is 0 Å². The molecule has 0 atom stereocenters. The monoisotopic (exact) mass is 367 g/mol. The van der Waals surface area contributed by atoms with Gasteiger partial charge in [0.15, 0.2) is 11.2 Å². The van der Waals surface area contributed by atoms with Crippen LogP contribution in [-0.2, 0) is 12.3 Å². The average Bonchev–Trinajstić information content (AvgIpc) is 3.06. The summed E-state index contributed by atoms with van der Waals surface area (Å²) < 4.78 is 1.80. The van der Waals surface area contributed by atoms with E-state index in [4.69, 9.17) is 11.6 Å². The van der Waals surface area contributed by atoms with Gasteiger partial charge in [-0.15, -0.1) is 5.10 Å². The number of halogens is 1. The van der Waals surface area contributed by atoms with Gasteiger partial charge < -0.3 is 0 Å². The van der Waals surface area contributed by atoms with E-state index in [1.54, 1.807) is 22.8 Å². The van der Waals surface area contributed by atoms with Crippen LogP contribution >= 0.6 is 23.4 Å². The maximum atomic E-state index is 5.93. The molecule has 0 bridgehead atoms. The van der Waals surface area contributed by atoms with Gasteiger partial charge in [0.2, 0.25) is 0 Å². The van der Waals surface area contributed by atoms with Gasteiger partial charge in [-0.3, -0.25) is 0 Å². The van der Waals surface area contributed by atoms with E-state index in [0.29, 0.717) is 6.54 Å². The summed E-state index contributed by atoms with van der Waals surface area (Å²) in [6.45, 7) is 0.635. The number of thioether (sulfide) groups is 1. The van der Waals surface area contributed by atoms with Crippen LogP contribution in [0.25, 0.3) is 11.2 Å². The molecule has 0 N–H and O–H groups in total. The Kier molecular flexibility index (Phi) is 4.63. The number of nitrogens with zero attached hydrogens (tertiary/aromatic N) is 5. The predicted octanol–water partition coefficient (Wildman–Crippen LogP) is 4.22. The van der Waals surface area contributed by atoms with Crippen LogP contribution in [0, 0.1) is 0 Å². The molecule has 0 saturated heterocycles. The Morgan fingerprint density at radius 3 is 2.52 bits per heavy atom. The summed E-state index contributed by atoms with van der Waals surface area (Å²) in [6.07, 6.45) is 1.57. The van der Waals surface area contributed by atoms with Crippen molar-refractivity contribution in [3.63, 3.8) is 0 Å². The fraction of sp³-hybridized carbons (Fsp3) is 0.111. The van der Waals surface area contributed by atoms with Crippen LogP contribution in [0.3, 0.4) is 0 Å². The number of fused-ring (bicyclic) bond motifs is 1. The molecular weight excluding hydrogens is 354 g/mol. The topological polar surface area (TPSA) is 56.5 Å². The highest BCUT2D eigenvalue weighted by molar-refractivity contribution is 7.98. The molecule has 0 unspecified atom stereocenters. The Bertz CT molecular complexity index is 985. The first-order chi connectivity index (χ1) is 12.3. The lowest BCUT2D eigenvalue weighted by atomic mass is 10.2. The fourth-order valence-electron chi connectivity index (χ4n) is 2.47. The third-order valence-corrected chi connectivity index (χ3v) is 5.03. The maximum Gasteiger partial charge on any atom is 0.183 e. The Morgan fingerprint density at radius 1 is 0.920 bits per heavy atom. The minimum absolute atomic E-state index is 0.635. The second-order valence-corrected chi connectivity index (χ2v) is 6.90. The van der Waals surface area contributed by atoms with Crippen molar-refractivity contribution in [2.75, 3.05) is 0 Å². The van der Waals surface area contributed by atoms with Crippen LogP contribution < -0.4 is 0 Å². The van der Waals surface area contributed by atoms with Crippen LogP contribution in [0.1, 0.15) is 11.1 Å². The van der Waals surface area contributed by atoms with Gasteiger partial charge in [-0.25, -0.2) is 14.6 Å². The second kappa shape index (κ2) is 7.21. The summed E-state index contributed by atoms with van der Waals surface area (Å²) in [5.41, 5.74) is 3.82. The zero-order valence-corrected chi connectivity index (χ0v) is 14.8. The summed E-state index contributed by atoms with van der Waals surface area (Å²) >= 11 is 7.55. The van der Waals surface area contributed by atoms with Crippen molar-refractivity contribution >= 4 is 34.5 Å². The van der Waals surface area contributed by atoms with Crippen molar-refractivity contribution in [2.24, 2.45) is 0 Å². The highest BCUT2D eigenvalue weighted by Gasteiger charge is 2.12. The Hall–Kier alpha value is -2.44. The highest BCUT2D eigenvalue weighted by Crippen LogP contribution is 2.26. The molecule has 2 aromatic carbocycles. The zero-order valence-electron chi connectivity index (χ0n) is 13.2. The highest BCUT2D eigenvalue weighted by atomic mass is 35.5. The molecule has 0 aliphatic carbocycles. The summed E-state index contributed by atoms with van der Waals surface area (Å²) in [5, 5.41) is 10.1. The average molecular weight is 368 g/mol. The summed E-state index contributed by atoms with van der Waals surface area (Å²) in [7, 11) is 0. The van der Waals surface area contributed by atoms with Crippen LogP contribution in [0.5, 0.6) is 0 Å². The molecule has 0 radical (unpaired) electrons. The minimum Gasteiger partial charge on any atom is -0.227 e. The standard InChI is InChI=1S/C18H14ClN5S/c19-15-8-6-14(7-9-15)11-25-18-16-17(20-12-21-18)24(23-22-16)10-13-4-2-1-3-5-13/h1-9,12H,10-11H2. The van der Waals surface area contributed by atoms with E-state index in [2.05, 4.69) is 32.4 Å². The largest absolute Gasteiger partial charge is 0.227 e. The summed E-state index contributed by atoms with van der Waals surface area (Å²) in [4.78, 5) is 8.73. The molecule has 0 aliphatic heterocycles. The van der Waals surface area contributed by atoms with Gasteiger partial charge in [-0.05, 0) is 23.3 Å². The van der Waals surface area contributed by atoms with Gasteiger partial charge in [0.1, 0.15) is 11.4 Å². The van der Waals surface area contributed by atoms with Gasteiger partial charge in [0.25, 0.3) is 0 Å². The van der Waals surface area contributed by atoms with Crippen molar-refractivity contribution in [1.82, 2.24) is 25.0 Å². The van der Waals surface area contributed by atoms with Crippen LogP contribution in [0.15, 0.2) is 66.0 Å². The third-order valence-electron chi connectivity index (χ3n) is 3.73. The van der Waals surface area contributed by atoms with E-state index < -0.39 is 0 Å². The van der Waals surface area contributed by atoms with Crippen molar-refractivity contribution in [3.05, 3.63) is 77.1 Å². The molecule has 2 aromatic heterocycles. The molecule has 25 heavy (non-hydrogen) atoms. The molecule has 0 amide bonds. The molecule has 5 nitrogen and oxygen atoms in total. The molecule has 7 heteroatoms. The van der Waals surface area contributed by atoms with Crippen LogP contribution in [-0.4, -0.2) is 25.0 Å². The van der Waals surface area contributed by atoms with Crippen molar-refractivity contribution in [2.45, 2.75) is 17.3 Å². The lowest BCUT2D eigenvalue weighted by Crippen LogP contribution is -2.02. The number of benzene rings is 2. The van der Waals surface area contributed by atoms with Crippen LogP contribution in [0.2, 0.25) is 5.02 Å². The molecule has 4 aromatic rings.